The second-order valence-corrected chi connectivity index (χ2v) is 4.56. The van der Waals surface area contributed by atoms with E-state index < -0.39 is 43.1 Å². The lowest BCUT2D eigenvalue weighted by molar-refractivity contribution is -0.266. The molecular formula is C9H15N3O6. The molecule has 0 aromatic heterocycles. The maximum atomic E-state index is 10.1. The number of azide groups is 1. The number of hydrogen-bond acceptors (Lipinski definition) is 7. The van der Waals surface area contributed by atoms with Gasteiger partial charge in [0.25, 0.3) is 0 Å². The molecule has 5 atom stereocenters. The zero-order valence-electron chi connectivity index (χ0n) is 9.96. The molecule has 0 amide bonds. The molecule has 0 saturated carbocycles. The zero-order chi connectivity index (χ0) is 13.3. The van der Waals surface area contributed by atoms with Crippen LogP contribution < -0.4 is 0 Å². The van der Waals surface area contributed by atoms with E-state index in [0.717, 1.165) is 0 Å². The standard InChI is InChI=1S/C9H15N3O6/c1-9(2)16-7-5(14)6(18-12-11-10)4(3-13)15-8(7)17-9/h4-8,13-14H,3H2,1-2H3/t4-,5+,6-,7-,8?/m1/s1. The molecule has 2 saturated heterocycles. The summed E-state index contributed by atoms with van der Waals surface area (Å²) in [5.74, 6) is -0.899. The number of nitrogens with zero attached hydrogens (tertiary/aromatic N) is 3. The monoisotopic (exact) mass is 261 g/mol. The van der Waals surface area contributed by atoms with Crippen LogP contribution in [0.4, 0.5) is 0 Å². The molecule has 2 aliphatic heterocycles. The molecular weight excluding hydrogens is 246 g/mol. The molecule has 102 valence electrons. The summed E-state index contributed by atoms with van der Waals surface area (Å²) in [6, 6.07) is 0. The quantitative estimate of drug-likeness (QED) is 0.314. The largest absolute Gasteiger partial charge is 0.424 e. The molecule has 0 aliphatic carbocycles. The van der Waals surface area contributed by atoms with Gasteiger partial charge in [0, 0.05) is 4.91 Å². The molecule has 9 heteroatoms. The highest BCUT2D eigenvalue weighted by Crippen LogP contribution is 2.37. The Kier molecular flexibility index (Phi) is 3.62. The highest BCUT2D eigenvalue weighted by molar-refractivity contribution is 4.94. The minimum atomic E-state index is -1.13. The minimum absolute atomic E-state index is 0.407. The van der Waals surface area contributed by atoms with Crippen LogP contribution in [0.3, 0.4) is 0 Å². The van der Waals surface area contributed by atoms with Crippen LogP contribution in [-0.4, -0.2) is 53.3 Å². The van der Waals surface area contributed by atoms with E-state index in [-0.39, 0.29) is 0 Å². The third-order valence-electron chi connectivity index (χ3n) is 2.82. The van der Waals surface area contributed by atoms with E-state index in [1.54, 1.807) is 13.8 Å². The Morgan fingerprint density at radius 1 is 1.44 bits per heavy atom. The molecule has 2 rings (SSSR count). The smallest absolute Gasteiger partial charge is 0.190 e. The van der Waals surface area contributed by atoms with E-state index in [2.05, 4.69) is 10.2 Å². The van der Waals surface area contributed by atoms with Gasteiger partial charge >= 0.3 is 0 Å². The Hall–Kier alpha value is -1.09. The first-order chi connectivity index (χ1) is 8.48. The van der Waals surface area contributed by atoms with Crippen molar-refractivity contribution in [2.24, 2.45) is 5.28 Å². The molecule has 0 aromatic rings. The van der Waals surface area contributed by atoms with Gasteiger partial charge in [0.2, 0.25) is 0 Å². The van der Waals surface area contributed by atoms with Gasteiger partial charge in [0.1, 0.15) is 23.6 Å². The van der Waals surface area contributed by atoms with Crippen molar-refractivity contribution in [1.82, 2.24) is 0 Å². The fraction of sp³-hybridized carbons (Fsp3) is 1.00. The molecule has 0 aromatic carbocycles. The van der Waals surface area contributed by atoms with Crippen molar-refractivity contribution in [2.75, 3.05) is 6.61 Å². The van der Waals surface area contributed by atoms with Crippen LogP contribution in [0.2, 0.25) is 0 Å². The molecule has 0 bridgehead atoms. The van der Waals surface area contributed by atoms with E-state index in [9.17, 15) is 10.2 Å². The molecule has 2 fully saturated rings. The molecule has 2 aliphatic rings. The SMILES string of the molecule is CC1(C)OC2O[C@H](CO)[C@@H](ON=[N+]=[N-])[C@H](O)[C@H]2O1. The average Bonchev–Trinajstić information content (AvgIpc) is 2.62. The summed E-state index contributed by atoms with van der Waals surface area (Å²) in [5.41, 5.74) is 8.21. The lowest BCUT2D eigenvalue weighted by atomic mass is 9.99. The maximum Gasteiger partial charge on any atom is 0.190 e. The van der Waals surface area contributed by atoms with Gasteiger partial charge in [-0.2, -0.15) is 0 Å². The predicted octanol–water partition coefficient (Wildman–Crippen LogP) is -0.174. The van der Waals surface area contributed by atoms with Crippen LogP contribution in [0.25, 0.3) is 10.4 Å². The van der Waals surface area contributed by atoms with Crippen LogP contribution >= 0.6 is 0 Å². The van der Waals surface area contributed by atoms with Crippen LogP contribution in [0.1, 0.15) is 13.8 Å². The first-order valence-electron chi connectivity index (χ1n) is 5.49. The van der Waals surface area contributed by atoms with E-state index in [1.165, 1.54) is 0 Å². The van der Waals surface area contributed by atoms with Gasteiger partial charge in [-0.3, -0.25) is 0 Å². The topological polar surface area (TPSA) is 126 Å². The Bertz CT molecular complexity index is 358. The Balaban J connectivity index is 2.15. The van der Waals surface area contributed by atoms with E-state index in [1.807, 2.05) is 0 Å². The first-order valence-corrected chi connectivity index (χ1v) is 5.49. The highest BCUT2D eigenvalue weighted by atomic mass is 16.8. The molecule has 9 nitrogen and oxygen atoms in total. The van der Waals surface area contributed by atoms with Crippen LogP contribution in [-0.2, 0) is 19.0 Å². The van der Waals surface area contributed by atoms with Crippen molar-refractivity contribution in [2.45, 2.75) is 50.3 Å². The second-order valence-electron chi connectivity index (χ2n) is 4.56. The Morgan fingerprint density at radius 2 is 2.17 bits per heavy atom. The van der Waals surface area contributed by atoms with Crippen LogP contribution in [0, 0.1) is 0 Å². The molecule has 0 spiro atoms. The molecule has 18 heavy (non-hydrogen) atoms. The molecule has 1 unspecified atom stereocenters. The highest BCUT2D eigenvalue weighted by Gasteiger charge is 2.54. The van der Waals surface area contributed by atoms with Crippen molar-refractivity contribution < 1.29 is 29.3 Å². The summed E-state index contributed by atoms with van der Waals surface area (Å²) in [7, 11) is 0. The van der Waals surface area contributed by atoms with Crippen LogP contribution in [0.5, 0.6) is 0 Å². The van der Waals surface area contributed by atoms with Crippen molar-refractivity contribution in [1.29, 1.82) is 0 Å². The molecule has 2 heterocycles. The summed E-state index contributed by atoms with van der Waals surface area (Å²) < 4.78 is 16.3. The number of ether oxygens (including phenoxy) is 3. The lowest BCUT2D eigenvalue weighted by Crippen LogP contribution is -2.57. The van der Waals surface area contributed by atoms with Gasteiger partial charge in [-0.25, -0.2) is 0 Å². The summed E-state index contributed by atoms with van der Waals surface area (Å²) in [4.78, 5) is 7.19. The minimum Gasteiger partial charge on any atom is -0.424 e. The number of fused-ring (bicyclic) bond motifs is 1. The predicted molar refractivity (Wildman–Crippen MR) is 55.8 cm³/mol. The van der Waals surface area contributed by atoms with Crippen LogP contribution in [0.15, 0.2) is 5.28 Å². The van der Waals surface area contributed by atoms with Gasteiger partial charge in [-0.1, -0.05) is 0 Å². The van der Waals surface area contributed by atoms with Crippen molar-refractivity contribution in [3.05, 3.63) is 10.4 Å². The normalized spacial score (nSPS) is 41.9. The van der Waals surface area contributed by atoms with Crippen molar-refractivity contribution in [3.8, 4) is 0 Å². The van der Waals surface area contributed by atoms with Crippen molar-refractivity contribution >= 4 is 0 Å². The van der Waals surface area contributed by atoms with Gasteiger partial charge in [0.15, 0.2) is 18.2 Å². The third-order valence-corrected chi connectivity index (χ3v) is 2.82. The third kappa shape index (κ3) is 2.37. The summed E-state index contributed by atoms with van der Waals surface area (Å²) in [6.45, 7) is 2.95. The number of aliphatic hydroxyl groups excluding tert-OH is 2. The summed E-state index contributed by atoms with van der Waals surface area (Å²) in [6.07, 6.45) is -4.55. The summed E-state index contributed by atoms with van der Waals surface area (Å²) >= 11 is 0. The van der Waals surface area contributed by atoms with E-state index in [4.69, 9.17) is 24.6 Å². The molecule has 2 N–H and O–H groups in total. The van der Waals surface area contributed by atoms with E-state index >= 15 is 0 Å². The van der Waals surface area contributed by atoms with Gasteiger partial charge < -0.3 is 29.3 Å². The van der Waals surface area contributed by atoms with Gasteiger partial charge in [-0.05, 0) is 19.4 Å². The second kappa shape index (κ2) is 4.88. The van der Waals surface area contributed by atoms with Gasteiger partial charge in [-0.15, -0.1) is 0 Å². The number of rotatable bonds is 3. The first kappa shape index (κ1) is 13.3. The maximum absolute atomic E-state index is 10.1. The average molecular weight is 261 g/mol. The number of aliphatic hydroxyl groups is 2. The zero-order valence-corrected chi connectivity index (χ0v) is 9.96. The lowest BCUT2D eigenvalue weighted by Gasteiger charge is -2.38. The van der Waals surface area contributed by atoms with Gasteiger partial charge in [0.05, 0.1) is 6.61 Å². The summed E-state index contributed by atoms with van der Waals surface area (Å²) in [5, 5.41) is 22.2. The fourth-order valence-electron chi connectivity index (χ4n) is 2.10. The Morgan fingerprint density at radius 3 is 2.78 bits per heavy atom. The Labute approximate surface area is 103 Å². The van der Waals surface area contributed by atoms with Crippen molar-refractivity contribution in [3.63, 3.8) is 0 Å². The molecule has 0 radical (unpaired) electrons. The van der Waals surface area contributed by atoms with E-state index in [0.29, 0.717) is 0 Å². The fourth-order valence-corrected chi connectivity index (χ4v) is 2.10. The number of hydrogen-bond donors (Lipinski definition) is 2.